The highest BCUT2D eigenvalue weighted by atomic mass is 16.5. The van der Waals surface area contributed by atoms with E-state index in [0.29, 0.717) is 13.2 Å². The molecule has 0 aliphatic carbocycles. The summed E-state index contributed by atoms with van der Waals surface area (Å²) in [5.41, 5.74) is 0.954. The molecule has 1 aliphatic heterocycles. The van der Waals surface area contributed by atoms with Crippen molar-refractivity contribution < 1.29 is 9.47 Å². The van der Waals surface area contributed by atoms with Crippen molar-refractivity contribution in [3.05, 3.63) is 47.9 Å². The van der Waals surface area contributed by atoms with Crippen molar-refractivity contribution >= 4 is 5.82 Å². The van der Waals surface area contributed by atoms with Crippen LogP contribution in [0.3, 0.4) is 0 Å². The maximum Gasteiger partial charge on any atom is 0.150 e. The van der Waals surface area contributed by atoms with Gasteiger partial charge in [-0.2, -0.15) is 0 Å². The third kappa shape index (κ3) is 4.21. The summed E-state index contributed by atoms with van der Waals surface area (Å²) in [4.78, 5) is 11.5. The molecule has 0 saturated carbocycles. The zero-order valence-electron chi connectivity index (χ0n) is 14.2. The molecule has 24 heavy (non-hydrogen) atoms. The van der Waals surface area contributed by atoms with Crippen molar-refractivity contribution in [2.24, 2.45) is 0 Å². The number of morpholine rings is 1. The van der Waals surface area contributed by atoms with E-state index in [1.54, 1.807) is 0 Å². The Morgan fingerprint density at radius 2 is 2.12 bits per heavy atom. The SMILES string of the molecule is CNc1cc(C)nc([C@H]2COCCN2CCOc2ccccc2)n1. The second kappa shape index (κ2) is 8.08. The van der Waals surface area contributed by atoms with Crippen molar-refractivity contribution in [2.45, 2.75) is 13.0 Å². The predicted octanol–water partition coefficient (Wildman–Crippen LogP) is 2.28. The average molecular weight is 328 g/mol. The second-order valence-electron chi connectivity index (χ2n) is 5.79. The summed E-state index contributed by atoms with van der Waals surface area (Å²) in [6.07, 6.45) is 0. The number of anilines is 1. The summed E-state index contributed by atoms with van der Waals surface area (Å²) in [5.74, 6) is 2.54. The molecule has 1 atom stereocenters. The van der Waals surface area contributed by atoms with Crippen molar-refractivity contribution in [3.63, 3.8) is 0 Å². The van der Waals surface area contributed by atoms with Crippen LogP contribution in [0.1, 0.15) is 17.6 Å². The first-order valence-electron chi connectivity index (χ1n) is 8.29. The molecule has 1 fully saturated rings. The highest BCUT2D eigenvalue weighted by molar-refractivity contribution is 5.35. The lowest BCUT2D eigenvalue weighted by Crippen LogP contribution is -2.42. The largest absolute Gasteiger partial charge is 0.492 e. The molecule has 1 aliphatic rings. The lowest BCUT2D eigenvalue weighted by molar-refractivity contribution is -0.0163. The topological polar surface area (TPSA) is 59.5 Å². The summed E-state index contributed by atoms with van der Waals surface area (Å²) >= 11 is 0. The Morgan fingerprint density at radius 1 is 1.29 bits per heavy atom. The first kappa shape index (κ1) is 16.7. The van der Waals surface area contributed by atoms with Crippen LogP contribution in [0.4, 0.5) is 5.82 Å². The molecular weight excluding hydrogens is 304 g/mol. The summed E-state index contributed by atoms with van der Waals surface area (Å²) < 4.78 is 11.5. The Balaban J connectivity index is 1.66. The van der Waals surface area contributed by atoms with Gasteiger partial charge in [0.2, 0.25) is 0 Å². The van der Waals surface area contributed by atoms with Gasteiger partial charge in [0.1, 0.15) is 24.0 Å². The lowest BCUT2D eigenvalue weighted by atomic mass is 10.2. The molecule has 6 heteroatoms. The maximum atomic E-state index is 5.83. The molecule has 0 amide bonds. The molecule has 0 spiro atoms. The van der Waals surface area contributed by atoms with Gasteiger partial charge in [-0.05, 0) is 19.1 Å². The van der Waals surface area contributed by atoms with Crippen LogP contribution < -0.4 is 10.1 Å². The number of para-hydroxylation sites is 1. The fourth-order valence-electron chi connectivity index (χ4n) is 2.81. The Kier molecular flexibility index (Phi) is 5.61. The zero-order valence-corrected chi connectivity index (χ0v) is 14.2. The predicted molar refractivity (Wildman–Crippen MR) is 93.4 cm³/mol. The van der Waals surface area contributed by atoms with Gasteiger partial charge in [-0.3, -0.25) is 4.90 Å². The third-order valence-electron chi connectivity index (χ3n) is 4.06. The van der Waals surface area contributed by atoms with E-state index in [1.807, 2.05) is 50.4 Å². The molecular formula is C18H24N4O2. The van der Waals surface area contributed by atoms with Crippen molar-refractivity contribution in [1.29, 1.82) is 0 Å². The number of hydrogen-bond acceptors (Lipinski definition) is 6. The first-order chi connectivity index (χ1) is 11.8. The van der Waals surface area contributed by atoms with Crippen LogP contribution in [-0.4, -0.2) is 54.8 Å². The van der Waals surface area contributed by atoms with Gasteiger partial charge in [0.25, 0.3) is 0 Å². The van der Waals surface area contributed by atoms with Crippen molar-refractivity contribution in [2.75, 3.05) is 45.3 Å². The molecule has 1 aromatic carbocycles. The fraction of sp³-hybridized carbons (Fsp3) is 0.444. The Morgan fingerprint density at radius 3 is 2.92 bits per heavy atom. The summed E-state index contributed by atoms with van der Waals surface area (Å²) in [6, 6.07) is 11.9. The molecule has 0 unspecified atom stereocenters. The standard InChI is InChI=1S/C18H24N4O2/c1-14-12-17(19-2)21-18(20-14)16-13-23-10-8-22(16)9-11-24-15-6-4-3-5-7-15/h3-7,12,16H,8-11,13H2,1-2H3,(H,19,20,21)/t16-/m1/s1. The number of hydrogen-bond donors (Lipinski definition) is 1. The molecule has 1 N–H and O–H groups in total. The number of nitrogens with one attached hydrogen (secondary N) is 1. The summed E-state index contributed by atoms with van der Waals surface area (Å²) in [6.45, 7) is 5.62. The van der Waals surface area contributed by atoms with E-state index in [1.165, 1.54) is 0 Å². The van der Waals surface area contributed by atoms with Gasteiger partial charge in [0.15, 0.2) is 0 Å². The maximum absolute atomic E-state index is 5.83. The van der Waals surface area contributed by atoms with Gasteiger partial charge in [-0.25, -0.2) is 9.97 Å². The molecule has 2 aromatic rings. The molecule has 2 heterocycles. The van der Waals surface area contributed by atoms with Gasteiger partial charge in [-0.15, -0.1) is 0 Å². The van der Waals surface area contributed by atoms with E-state index in [0.717, 1.165) is 42.8 Å². The third-order valence-corrected chi connectivity index (χ3v) is 4.06. The Hall–Kier alpha value is -2.18. The van der Waals surface area contributed by atoms with Crippen LogP contribution in [0.15, 0.2) is 36.4 Å². The number of aromatic nitrogens is 2. The van der Waals surface area contributed by atoms with Crippen LogP contribution >= 0.6 is 0 Å². The normalized spacial score (nSPS) is 18.3. The van der Waals surface area contributed by atoms with Crippen LogP contribution in [0.5, 0.6) is 5.75 Å². The van der Waals surface area contributed by atoms with Gasteiger partial charge < -0.3 is 14.8 Å². The van der Waals surface area contributed by atoms with E-state index < -0.39 is 0 Å². The number of aryl methyl sites for hydroxylation is 1. The molecule has 0 radical (unpaired) electrons. The van der Waals surface area contributed by atoms with Crippen molar-refractivity contribution in [1.82, 2.24) is 14.9 Å². The smallest absolute Gasteiger partial charge is 0.150 e. The quantitative estimate of drug-likeness (QED) is 0.878. The zero-order chi connectivity index (χ0) is 16.8. The molecule has 6 nitrogen and oxygen atoms in total. The second-order valence-corrected chi connectivity index (χ2v) is 5.79. The van der Waals surface area contributed by atoms with Crippen molar-refractivity contribution in [3.8, 4) is 5.75 Å². The van der Waals surface area contributed by atoms with Crippen LogP contribution in [0.25, 0.3) is 0 Å². The van der Waals surface area contributed by atoms with E-state index in [2.05, 4.69) is 20.2 Å². The van der Waals surface area contributed by atoms with E-state index in [4.69, 9.17) is 9.47 Å². The van der Waals surface area contributed by atoms with E-state index in [-0.39, 0.29) is 6.04 Å². The molecule has 128 valence electrons. The van der Waals surface area contributed by atoms with Crippen LogP contribution in [0.2, 0.25) is 0 Å². The van der Waals surface area contributed by atoms with E-state index >= 15 is 0 Å². The molecule has 1 saturated heterocycles. The Labute approximate surface area is 142 Å². The van der Waals surface area contributed by atoms with Crippen LogP contribution in [0, 0.1) is 6.92 Å². The highest BCUT2D eigenvalue weighted by Gasteiger charge is 2.27. The number of rotatable bonds is 6. The van der Waals surface area contributed by atoms with Gasteiger partial charge >= 0.3 is 0 Å². The fourth-order valence-corrected chi connectivity index (χ4v) is 2.81. The number of ether oxygens (including phenoxy) is 2. The summed E-state index contributed by atoms with van der Waals surface area (Å²) in [7, 11) is 1.87. The minimum Gasteiger partial charge on any atom is -0.492 e. The Bertz CT molecular complexity index is 651. The monoisotopic (exact) mass is 328 g/mol. The van der Waals surface area contributed by atoms with Gasteiger partial charge in [0, 0.05) is 31.9 Å². The van der Waals surface area contributed by atoms with Gasteiger partial charge in [0.05, 0.1) is 19.3 Å². The highest BCUT2D eigenvalue weighted by Crippen LogP contribution is 2.22. The average Bonchev–Trinajstić information content (AvgIpc) is 2.62. The summed E-state index contributed by atoms with van der Waals surface area (Å²) in [5, 5.41) is 3.09. The molecule has 3 rings (SSSR count). The first-order valence-corrected chi connectivity index (χ1v) is 8.29. The minimum absolute atomic E-state index is 0.0603. The number of benzene rings is 1. The van der Waals surface area contributed by atoms with E-state index in [9.17, 15) is 0 Å². The lowest BCUT2D eigenvalue weighted by Gasteiger charge is -2.34. The molecule has 0 bridgehead atoms. The van der Waals surface area contributed by atoms with Gasteiger partial charge in [-0.1, -0.05) is 18.2 Å². The molecule has 1 aromatic heterocycles. The number of nitrogens with zero attached hydrogens (tertiary/aromatic N) is 3. The van der Waals surface area contributed by atoms with Crippen LogP contribution in [-0.2, 0) is 4.74 Å². The minimum atomic E-state index is 0.0603.